The highest BCUT2D eigenvalue weighted by atomic mass is 32.2. The van der Waals surface area contributed by atoms with E-state index < -0.39 is 20.5 Å². The van der Waals surface area contributed by atoms with Gasteiger partial charge in [0.2, 0.25) is 5.91 Å². The monoisotopic (exact) mass is 325 g/mol. The zero-order valence-electron chi connectivity index (χ0n) is 14.4. The molecule has 0 aromatic heterocycles. The third kappa shape index (κ3) is 4.09. The molecule has 5 heteroatoms. The number of carbonyl (C=O) groups excluding carboxylic acids is 1. The summed E-state index contributed by atoms with van der Waals surface area (Å²) in [6.07, 6.45) is 0.499. The lowest BCUT2D eigenvalue weighted by Crippen LogP contribution is -2.45. The van der Waals surface area contributed by atoms with E-state index in [1.165, 1.54) is 13.8 Å². The third-order valence-electron chi connectivity index (χ3n) is 3.78. The molecule has 1 aromatic carbocycles. The fourth-order valence-electron chi connectivity index (χ4n) is 2.01. The topological polar surface area (TPSA) is 63.2 Å². The first kappa shape index (κ1) is 18.7. The molecule has 0 aliphatic rings. The normalized spacial score (nSPS) is 13.0. The lowest BCUT2D eigenvalue weighted by atomic mass is 9.87. The molecule has 1 aromatic rings. The second-order valence-electron chi connectivity index (χ2n) is 7.11. The van der Waals surface area contributed by atoms with Crippen molar-refractivity contribution in [3.63, 3.8) is 0 Å². The summed E-state index contributed by atoms with van der Waals surface area (Å²) in [4.78, 5) is 12.4. The number of amides is 1. The van der Waals surface area contributed by atoms with Gasteiger partial charge >= 0.3 is 0 Å². The van der Waals surface area contributed by atoms with Crippen LogP contribution in [0.1, 0.15) is 53.5 Å². The Hall–Kier alpha value is -1.36. The molecule has 124 valence electrons. The Bertz CT molecular complexity index is 640. The fraction of sp³-hybridized carbons (Fsp3) is 0.588. The van der Waals surface area contributed by atoms with Gasteiger partial charge in [-0.1, -0.05) is 39.8 Å². The molecule has 0 aliphatic carbocycles. The molecule has 1 amide bonds. The molecule has 0 bridgehead atoms. The van der Waals surface area contributed by atoms with Crippen molar-refractivity contribution in [1.82, 2.24) is 0 Å². The Morgan fingerprint density at radius 2 is 1.73 bits per heavy atom. The van der Waals surface area contributed by atoms with Gasteiger partial charge in [-0.2, -0.15) is 0 Å². The smallest absolute Gasteiger partial charge is 0.245 e. The molecule has 4 nitrogen and oxygen atoms in total. The van der Waals surface area contributed by atoms with Crippen molar-refractivity contribution in [2.75, 3.05) is 11.1 Å². The molecular weight excluding hydrogens is 298 g/mol. The van der Waals surface area contributed by atoms with Gasteiger partial charge in [0.05, 0.1) is 5.75 Å². The van der Waals surface area contributed by atoms with Crippen LogP contribution in [0.25, 0.3) is 0 Å². The fourth-order valence-corrected chi connectivity index (χ4v) is 3.39. The van der Waals surface area contributed by atoms with Crippen LogP contribution >= 0.6 is 0 Å². The zero-order chi connectivity index (χ0) is 17.2. The van der Waals surface area contributed by atoms with Crippen LogP contribution in [0.3, 0.4) is 0 Å². The average molecular weight is 325 g/mol. The summed E-state index contributed by atoms with van der Waals surface area (Å²) < 4.78 is 23.1. The third-order valence-corrected chi connectivity index (χ3v) is 6.47. The number of nitrogens with one attached hydrogen (secondary N) is 1. The Morgan fingerprint density at radius 1 is 1.14 bits per heavy atom. The van der Waals surface area contributed by atoms with Gasteiger partial charge in [0, 0.05) is 5.69 Å². The van der Waals surface area contributed by atoms with Crippen molar-refractivity contribution in [2.24, 2.45) is 0 Å². The van der Waals surface area contributed by atoms with Crippen LogP contribution < -0.4 is 5.32 Å². The van der Waals surface area contributed by atoms with Crippen molar-refractivity contribution in [3.8, 4) is 0 Å². The summed E-state index contributed by atoms with van der Waals surface area (Å²) in [7, 11) is -3.48. The zero-order valence-corrected chi connectivity index (χ0v) is 15.2. The van der Waals surface area contributed by atoms with E-state index in [-0.39, 0.29) is 11.2 Å². The van der Waals surface area contributed by atoms with E-state index in [9.17, 15) is 13.2 Å². The minimum Gasteiger partial charge on any atom is -0.325 e. The number of hydrogen-bond acceptors (Lipinski definition) is 3. The number of rotatable bonds is 5. The molecule has 0 unspecified atom stereocenters. The van der Waals surface area contributed by atoms with Crippen LogP contribution in [-0.2, 0) is 20.0 Å². The minimum atomic E-state index is -3.48. The Labute approximate surface area is 134 Å². The van der Waals surface area contributed by atoms with Crippen molar-refractivity contribution >= 4 is 21.4 Å². The molecular formula is C17H27NO3S. The molecule has 1 N–H and O–H groups in total. The second kappa shape index (κ2) is 6.41. The summed E-state index contributed by atoms with van der Waals surface area (Å²) in [6, 6.07) is 7.52. The summed E-state index contributed by atoms with van der Waals surface area (Å²) >= 11 is 0. The maximum Gasteiger partial charge on any atom is 0.245 e. The van der Waals surface area contributed by atoms with Crippen LogP contribution in [0.4, 0.5) is 5.69 Å². The lowest BCUT2D eigenvalue weighted by molar-refractivity contribution is -0.117. The SMILES string of the molecule is CCCS(=O)(=O)C(C)(C)C(=O)Nc1cccc(C(C)(C)C)c1. The van der Waals surface area contributed by atoms with Gasteiger partial charge in [0.1, 0.15) is 4.75 Å². The number of anilines is 1. The molecule has 0 heterocycles. The van der Waals surface area contributed by atoms with E-state index in [0.29, 0.717) is 12.1 Å². The number of sulfone groups is 1. The molecule has 0 spiro atoms. The molecule has 0 saturated carbocycles. The van der Waals surface area contributed by atoms with Crippen LogP contribution in [0.2, 0.25) is 0 Å². The van der Waals surface area contributed by atoms with E-state index >= 15 is 0 Å². The molecule has 0 atom stereocenters. The average Bonchev–Trinajstić information content (AvgIpc) is 2.37. The van der Waals surface area contributed by atoms with Gasteiger partial charge in [-0.3, -0.25) is 4.79 Å². The first-order valence-electron chi connectivity index (χ1n) is 7.56. The quantitative estimate of drug-likeness (QED) is 0.901. The number of carbonyl (C=O) groups is 1. The molecule has 22 heavy (non-hydrogen) atoms. The van der Waals surface area contributed by atoms with Gasteiger partial charge in [-0.15, -0.1) is 0 Å². The van der Waals surface area contributed by atoms with E-state index in [1.807, 2.05) is 18.2 Å². The largest absolute Gasteiger partial charge is 0.325 e. The Balaban J connectivity index is 3.03. The summed E-state index contributed by atoms with van der Waals surface area (Å²) in [5, 5.41) is 2.74. The highest BCUT2D eigenvalue weighted by Gasteiger charge is 2.40. The molecule has 0 saturated heterocycles. The summed E-state index contributed by atoms with van der Waals surface area (Å²) in [5.74, 6) is -0.484. The van der Waals surface area contributed by atoms with Gasteiger partial charge in [0.15, 0.2) is 9.84 Å². The molecule has 0 aliphatic heterocycles. The van der Waals surface area contributed by atoms with Crippen LogP contribution in [-0.4, -0.2) is 24.8 Å². The molecule has 0 radical (unpaired) electrons. The maximum atomic E-state index is 12.4. The van der Waals surface area contributed by atoms with E-state index in [4.69, 9.17) is 0 Å². The van der Waals surface area contributed by atoms with Crippen LogP contribution in [0.5, 0.6) is 0 Å². The van der Waals surface area contributed by atoms with E-state index in [0.717, 1.165) is 5.56 Å². The molecule has 1 rings (SSSR count). The number of hydrogen-bond donors (Lipinski definition) is 1. The van der Waals surface area contributed by atoms with Crippen LogP contribution in [0.15, 0.2) is 24.3 Å². The Morgan fingerprint density at radius 3 is 2.23 bits per heavy atom. The summed E-state index contributed by atoms with van der Waals surface area (Å²) in [5.41, 5.74) is 1.67. The predicted molar refractivity (Wildman–Crippen MR) is 91.9 cm³/mol. The predicted octanol–water partition coefficient (Wildman–Crippen LogP) is 3.53. The van der Waals surface area contributed by atoms with Gasteiger partial charge < -0.3 is 5.32 Å². The van der Waals surface area contributed by atoms with E-state index in [2.05, 4.69) is 26.1 Å². The molecule has 0 fully saturated rings. The number of benzene rings is 1. The highest BCUT2D eigenvalue weighted by molar-refractivity contribution is 7.93. The summed E-state index contributed by atoms with van der Waals surface area (Å²) in [6.45, 7) is 11.0. The standard InChI is InChI=1S/C17H27NO3S/c1-7-11-22(20,21)17(5,6)15(19)18-14-10-8-9-13(12-14)16(2,3)4/h8-10,12H,7,11H2,1-6H3,(H,18,19). The van der Waals surface area contributed by atoms with Crippen molar-refractivity contribution < 1.29 is 13.2 Å². The van der Waals surface area contributed by atoms with Gasteiger partial charge in [-0.05, 0) is 43.4 Å². The van der Waals surface area contributed by atoms with Gasteiger partial charge in [0.25, 0.3) is 0 Å². The highest BCUT2D eigenvalue weighted by Crippen LogP contribution is 2.26. The van der Waals surface area contributed by atoms with Crippen molar-refractivity contribution in [1.29, 1.82) is 0 Å². The Kier molecular flexibility index (Phi) is 5.44. The van der Waals surface area contributed by atoms with Gasteiger partial charge in [-0.25, -0.2) is 8.42 Å². The first-order chi connectivity index (χ1) is 9.91. The second-order valence-corrected chi connectivity index (χ2v) is 9.77. The van der Waals surface area contributed by atoms with Crippen LogP contribution in [0, 0.1) is 0 Å². The first-order valence-corrected chi connectivity index (χ1v) is 9.21. The van der Waals surface area contributed by atoms with Crippen molar-refractivity contribution in [3.05, 3.63) is 29.8 Å². The van der Waals surface area contributed by atoms with Crippen molar-refractivity contribution in [2.45, 2.75) is 58.1 Å². The maximum absolute atomic E-state index is 12.4. The lowest BCUT2D eigenvalue weighted by Gasteiger charge is -2.24. The minimum absolute atomic E-state index is 0.00938. The van der Waals surface area contributed by atoms with E-state index in [1.54, 1.807) is 13.0 Å².